The maximum Gasteiger partial charge on any atom is 0.293 e. The van der Waals surface area contributed by atoms with Crippen LogP contribution in [0.15, 0.2) is 40.8 Å². The number of benzene rings is 2. The molecule has 1 aromatic heterocycles. The summed E-state index contributed by atoms with van der Waals surface area (Å²) in [5.41, 5.74) is 3.48. The summed E-state index contributed by atoms with van der Waals surface area (Å²) in [6.45, 7) is 0.671. The van der Waals surface area contributed by atoms with E-state index in [-0.39, 0.29) is 11.3 Å². The Bertz CT molecular complexity index is 888. The van der Waals surface area contributed by atoms with Crippen LogP contribution in [-0.4, -0.2) is 17.5 Å². The molecule has 1 amide bonds. The number of carbonyl (C=O) groups excluding carboxylic acids is 1. The third-order valence-corrected chi connectivity index (χ3v) is 3.73. The molecule has 0 saturated carbocycles. The van der Waals surface area contributed by atoms with Crippen molar-refractivity contribution in [1.82, 2.24) is 4.98 Å². The fourth-order valence-corrected chi connectivity index (χ4v) is 2.68. The zero-order valence-corrected chi connectivity index (χ0v) is 12.2. The second-order valence-electron chi connectivity index (χ2n) is 5.02. The van der Waals surface area contributed by atoms with Crippen LogP contribution in [-0.2, 0) is 6.42 Å². The van der Waals surface area contributed by atoms with Crippen molar-refractivity contribution < 1.29 is 13.9 Å². The van der Waals surface area contributed by atoms with Gasteiger partial charge in [-0.1, -0.05) is 0 Å². The van der Waals surface area contributed by atoms with E-state index >= 15 is 0 Å². The fraction of sp³-hybridized carbons (Fsp3) is 0.125. The highest BCUT2D eigenvalue weighted by Gasteiger charge is 2.15. The average molecular weight is 315 g/mol. The standard InChI is InChI=1S/C16H11ClN2O3/c17-16-19-12-8-11(2-4-14(12)22-16)18-15(20)10-1-3-13-9(7-10)5-6-21-13/h1-4,7-8H,5-6H2,(H,18,20). The minimum Gasteiger partial charge on any atom is -0.493 e. The fourth-order valence-electron chi connectivity index (χ4n) is 2.51. The summed E-state index contributed by atoms with van der Waals surface area (Å²) in [4.78, 5) is 16.4. The molecule has 1 N–H and O–H groups in total. The third kappa shape index (κ3) is 2.29. The second-order valence-corrected chi connectivity index (χ2v) is 5.35. The minimum absolute atomic E-state index is 0.0806. The summed E-state index contributed by atoms with van der Waals surface area (Å²) in [7, 11) is 0. The molecule has 6 heteroatoms. The van der Waals surface area contributed by atoms with Crippen LogP contribution in [0.2, 0.25) is 5.35 Å². The Hall–Kier alpha value is -2.53. The van der Waals surface area contributed by atoms with Gasteiger partial charge in [-0.25, -0.2) is 0 Å². The van der Waals surface area contributed by atoms with Crippen molar-refractivity contribution in [2.75, 3.05) is 11.9 Å². The molecular weight excluding hydrogens is 304 g/mol. The van der Waals surface area contributed by atoms with Crippen molar-refractivity contribution in [3.05, 3.63) is 52.9 Å². The molecule has 0 atom stereocenters. The van der Waals surface area contributed by atoms with E-state index in [0.29, 0.717) is 29.0 Å². The smallest absolute Gasteiger partial charge is 0.293 e. The van der Waals surface area contributed by atoms with Crippen molar-refractivity contribution in [3.63, 3.8) is 0 Å². The number of carbonyl (C=O) groups is 1. The molecule has 0 saturated heterocycles. The molecule has 0 aliphatic carbocycles. The first-order valence-electron chi connectivity index (χ1n) is 6.82. The number of aromatic nitrogens is 1. The molecule has 0 radical (unpaired) electrons. The number of nitrogens with one attached hydrogen (secondary N) is 1. The molecule has 1 aliphatic rings. The van der Waals surface area contributed by atoms with E-state index < -0.39 is 0 Å². The van der Waals surface area contributed by atoms with Crippen LogP contribution in [0, 0.1) is 0 Å². The lowest BCUT2D eigenvalue weighted by atomic mass is 10.1. The Morgan fingerprint density at radius 1 is 1.23 bits per heavy atom. The molecule has 0 bridgehead atoms. The van der Waals surface area contributed by atoms with Gasteiger partial charge in [0, 0.05) is 17.7 Å². The summed E-state index contributed by atoms with van der Waals surface area (Å²) in [6, 6.07) is 10.6. The number of ether oxygens (including phenoxy) is 1. The van der Waals surface area contributed by atoms with E-state index in [2.05, 4.69) is 10.3 Å². The zero-order chi connectivity index (χ0) is 15.1. The minimum atomic E-state index is -0.177. The SMILES string of the molecule is O=C(Nc1ccc2oc(Cl)nc2c1)c1ccc2c(c1)CCO2. The first kappa shape index (κ1) is 13.2. The van der Waals surface area contributed by atoms with Gasteiger partial charge in [-0.3, -0.25) is 4.79 Å². The van der Waals surface area contributed by atoms with Gasteiger partial charge < -0.3 is 14.5 Å². The molecule has 0 unspecified atom stereocenters. The van der Waals surface area contributed by atoms with Crippen LogP contribution in [0.1, 0.15) is 15.9 Å². The number of rotatable bonds is 2. The van der Waals surface area contributed by atoms with E-state index in [4.69, 9.17) is 20.8 Å². The lowest BCUT2D eigenvalue weighted by Gasteiger charge is -2.06. The van der Waals surface area contributed by atoms with Crippen LogP contribution in [0.4, 0.5) is 5.69 Å². The van der Waals surface area contributed by atoms with Crippen molar-refractivity contribution in [2.24, 2.45) is 0 Å². The molecule has 1 aliphatic heterocycles. The lowest BCUT2D eigenvalue weighted by molar-refractivity contribution is 0.102. The highest BCUT2D eigenvalue weighted by molar-refractivity contribution is 6.28. The van der Waals surface area contributed by atoms with Crippen molar-refractivity contribution in [3.8, 4) is 5.75 Å². The van der Waals surface area contributed by atoms with Gasteiger partial charge in [0.2, 0.25) is 0 Å². The van der Waals surface area contributed by atoms with Crippen LogP contribution < -0.4 is 10.1 Å². The summed E-state index contributed by atoms with van der Waals surface area (Å²) < 4.78 is 10.6. The van der Waals surface area contributed by atoms with Gasteiger partial charge in [-0.2, -0.15) is 4.98 Å². The zero-order valence-electron chi connectivity index (χ0n) is 11.4. The Labute approximate surface area is 130 Å². The Morgan fingerprint density at radius 2 is 2.14 bits per heavy atom. The summed E-state index contributed by atoms with van der Waals surface area (Å²) in [6.07, 6.45) is 0.833. The van der Waals surface area contributed by atoms with Gasteiger partial charge in [-0.05, 0) is 53.6 Å². The molecule has 110 valence electrons. The monoisotopic (exact) mass is 314 g/mol. The predicted molar refractivity (Wildman–Crippen MR) is 82.6 cm³/mol. The largest absolute Gasteiger partial charge is 0.493 e. The normalized spacial score (nSPS) is 13.0. The van der Waals surface area contributed by atoms with Gasteiger partial charge in [0.25, 0.3) is 11.3 Å². The van der Waals surface area contributed by atoms with Gasteiger partial charge >= 0.3 is 0 Å². The Kier molecular flexibility index (Phi) is 3.01. The molecule has 4 rings (SSSR count). The topological polar surface area (TPSA) is 64.4 Å². The Balaban J connectivity index is 1.59. The highest BCUT2D eigenvalue weighted by Crippen LogP contribution is 2.27. The van der Waals surface area contributed by atoms with Gasteiger partial charge in [0.15, 0.2) is 5.58 Å². The summed E-state index contributed by atoms with van der Waals surface area (Å²) in [5.74, 6) is 0.679. The highest BCUT2D eigenvalue weighted by atomic mass is 35.5. The molecule has 2 aromatic carbocycles. The maximum absolute atomic E-state index is 12.3. The summed E-state index contributed by atoms with van der Waals surface area (Å²) >= 11 is 5.71. The number of hydrogen-bond donors (Lipinski definition) is 1. The van der Waals surface area contributed by atoms with Crippen LogP contribution >= 0.6 is 11.6 Å². The first-order valence-corrected chi connectivity index (χ1v) is 7.20. The summed E-state index contributed by atoms with van der Waals surface area (Å²) in [5, 5.41) is 2.93. The third-order valence-electron chi connectivity index (χ3n) is 3.57. The van der Waals surface area contributed by atoms with Crippen LogP contribution in [0.5, 0.6) is 5.75 Å². The number of hydrogen-bond acceptors (Lipinski definition) is 4. The lowest BCUT2D eigenvalue weighted by Crippen LogP contribution is -2.11. The van der Waals surface area contributed by atoms with Gasteiger partial charge in [-0.15, -0.1) is 0 Å². The van der Waals surface area contributed by atoms with E-state index in [1.807, 2.05) is 12.1 Å². The number of oxazole rings is 1. The molecule has 0 spiro atoms. The maximum atomic E-state index is 12.3. The molecule has 3 aromatic rings. The predicted octanol–water partition coefficient (Wildman–Crippen LogP) is 3.67. The van der Waals surface area contributed by atoms with E-state index in [9.17, 15) is 4.79 Å². The average Bonchev–Trinajstić information content (AvgIpc) is 3.10. The van der Waals surface area contributed by atoms with Crippen molar-refractivity contribution >= 4 is 34.3 Å². The number of halogens is 1. The molecule has 22 heavy (non-hydrogen) atoms. The van der Waals surface area contributed by atoms with Crippen LogP contribution in [0.3, 0.4) is 0 Å². The van der Waals surface area contributed by atoms with Gasteiger partial charge in [0.1, 0.15) is 11.3 Å². The molecule has 5 nitrogen and oxygen atoms in total. The van der Waals surface area contributed by atoms with E-state index in [1.54, 1.807) is 24.3 Å². The van der Waals surface area contributed by atoms with Crippen molar-refractivity contribution in [1.29, 1.82) is 0 Å². The Morgan fingerprint density at radius 3 is 3.05 bits per heavy atom. The van der Waals surface area contributed by atoms with Crippen molar-refractivity contribution in [2.45, 2.75) is 6.42 Å². The van der Waals surface area contributed by atoms with E-state index in [1.165, 1.54) is 0 Å². The first-order chi connectivity index (χ1) is 10.7. The molecular formula is C16H11ClN2O3. The quantitative estimate of drug-likeness (QED) is 0.784. The number of fused-ring (bicyclic) bond motifs is 2. The van der Waals surface area contributed by atoms with E-state index in [0.717, 1.165) is 17.7 Å². The number of nitrogens with zero attached hydrogens (tertiary/aromatic N) is 1. The van der Waals surface area contributed by atoms with Crippen LogP contribution in [0.25, 0.3) is 11.1 Å². The molecule has 0 fully saturated rings. The number of amides is 1. The van der Waals surface area contributed by atoms with Gasteiger partial charge in [0.05, 0.1) is 6.61 Å². The number of anilines is 1. The second kappa shape index (κ2) is 5.03. The molecule has 2 heterocycles.